The standard InChI is InChI=1S/C13H18N2O3/c1-9(8-11-6-4-3-5-7-11)14-13(18)15-10(2)12(16)17/h3-7,9-10H,8H2,1-2H3,(H,16,17)(H2,14,15,18)/t9?,10-/m0/s1. The largest absolute Gasteiger partial charge is 0.480 e. The fourth-order valence-electron chi connectivity index (χ4n) is 1.54. The molecule has 0 aromatic heterocycles. The first-order valence-electron chi connectivity index (χ1n) is 5.83. The highest BCUT2D eigenvalue weighted by Gasteiger charge is 2.15. The van der Waals surface area contributed by atoms with E-state index < -0.39 is 18.0 Å². The van der Waals surface area contributed by atoms with Crippen LogP contribution in [0.5, 0.6) is 0 Å². The van der Waals surface area contributed by atoms with Crippen molar-refractivity contribution < 1.29 is 14.7 Å². The molecule has 0 spiro atoms. The molecule has 0 fully saturated rings. The summed E-state index contributed by atoms with van der Waals surface area (Å²) in [6, 6.07) is 8.36. The van der Waals surface area contributed by atoms with Crippen molar-refractivity contribution in [3.05, 3.63) is 35.9 Å². The molecule has 0 saturated carbocycles. The van der Waals surface area contributed by atoms with E-state index >= 15 is 0 Å². The average Bonchev–Trinajstić information content (AvgIpc) is 2.29. The van der Waals surface area contributed by atoms with E-state index in [4.69, 9.17) is 5.11 Å². The number of amides is 2. The summed E-state index contributed by atoms with van der Waals surface area (Å²) >= 11 is 0. The molecule has 1 unspecified atom stereocenters. The Balaban J connectivity index is 2.38. The number of urea groups is 1. The number of carboxylic acid groups (broad SMARTS) is 1. The van der Waals surface area contributed by atoms with Gasteiger partial charge in [0.25, 0.3) is 0 Å². The minimum Gasteiger partial charge on any atom is -0.480 e. The zero-order valence-electron chi connectivity index (χ0n) is 10.5. The molecule has 0 aliphatic heterocycles. The Morgan fingerprint density at radius 2 is 1.78 bits per heavy atom. The first-order valence-corrected chi connectivity index (χ1v) is 5.83. The predicted molar refractivity (Wildman–Crippen MR) is 68.4 cm³/mol. The monoisotopic (exact) mass is 250 g/mol. The molecule has 1 aromatic rings. The summed E-state index contributed by atoms with van der Waals surface area (Å²) in [6.07, 6.45) is 0.704. The smallest absolute Gasteiger partial charge is 0.325 e. The third kappa shape index (κ3) is 4.86. The maximum Gasteiger partial charge on any atom is 0.325 e. The maximum atomic E-state index is 11.5. The molecule has 1 rings (SSSR count). The van der Waals surface area contributed by atoms with E-state index in [1.165, 1.54) is 6.92 Å². The highest BCUT2D eigenvalue weighted by molar-refractivity contribution is 5.82. The van der Waals surface area contributed by atoms with Crippen LogP contribution in [0.2, 0.25) is 0 Å². The number of hydrogen-bond acceptors (Lipinski definition) is 2. The molecule has 0 saturated heterocycles. The van der Waals surface area contributed by atoms with E-state index in [0.29, 0.717) is 6.42 Å². The Morgan fingerprint density at radius 1 is 1.17 bits per heavy atom. The Morgan fingerprint density at radius 3 is 2.33 bits per heavy atom. The third-order valence-corrected chi connectivity index (χ3v) is 2.48. The number of aliphatic carboxylic acids is 1. The van der Waals surface area contributed by atoms with E-state index in [2.05, 4.69) is 10.6 Å². The number of rotatable bonds is 5. The van der Waals surface area contributed by atoms with Crippen LogP contribution in [0.15, 0.2) is 30.3 Å². The van der Waals surface area contributed by atoms with Crippen molar-refractivity contribution in [2.45, 2.75) is 32.4 Å². The average molecular weight is 250 g/mol. The van der Waals surface area contributed by atoms with Crippen LogP contribution in [-0.2, 0) is 11.2 Å². The Kier molecular flexibility index (Phi) is 5.17. The number of carboxylic acids is 1. The van der Waals surface area contributed by atoms with E-state index in [1.807, 2.05) is 37.3 Å². The molecule has 1 aromatic carbocycles. The van der Waals surface area contributed by atoms with Crippen molar-refractivity contribution in [3.8, 4) is 0 Å². The number of nitrogens with one attached hydrogen (secondary N) is 2. The summed E-state index contributed by atoms with van der Waals surface area (Å²) in [7, 11) is 0. The highest BCUT2D eigenvalue weighted by atomic mass is 16.4. The summed E-state index contributed by atoms with van der Waals surface area (Å²) in [5.74, 6) is -1.05. The minimum absolute atomic E-state index is 0.0617. The summed E-state index contributed by atoms with van der Waals surface area (Å²) in [6.45, 7) is 3.29. The molecule has 5 heteroatoms. The second kappa shape index (κ2) is 6.64. The quantitative estimate of drug-likeness (QED) is 0.739. The lowest BCUT2D eigenvalue weighted by molar-refractivity contribution is -0.138. The summed E-state index contributed by atoms with van der Waals surface area (Å²) < 4.78 is 0. The molecule has 5 nitrogen and oxygen atoms in total. The van der Waals surface area contributed by atoms with Gasteiger partial charge in [-0.2, -0.15) is 0 Å². The van der Waals surface area contributed by atoms with Crippen LogP contribution in [-0.4, -0.2) is 29.2 Å². The molecule has 2 atom stereocenters. The second-order valence-corrected chi connectivity index (χ2v) is 4.27. The Labute approximate surface area is 106 Å². The van der Waals surface area contributed by atoms with Gasteiger partial charge in [-0.1, -0.05) is 30.3 Å². The zero-order valence-corrected chi connectivity index (χ0v) is 10.5. The number of benzene rings is 1. The summed E-state index contributed by atoms with van der Waals surface area (Å²) in [5.41, 5.74) is 1.12. The van der Waals surface area contributed by atoms with Gasteiger partial charge in [-0.3, -0.25) is 4.79 Å². The lowest BCUT2D eigenvalue weighted by Gasteiger charge is -2.16. The van der Waals surface area contributed by atoms with Gasteiger partial charge in [0.1, 0.15) is 6.04 Å². The van der Waals surface area contributed by atoms with Crippen molar-refractivity contribution in [1.29, 1.82) is 0 Å². The number of carbonyl (C=O) groups excluding carboxylic acids is 1. The molecule has 18 heavy (non-hydrogen) atoms. The van der Waals surface area contributed by atoms with Gasteiger partial charge in [0, 0.05) is 6.04 Å². The van der Waals surface area contributed by atoms with Gasteiger partial charge in [-0.25, -0.2) is 4.79 Å². The Bertz CT molecular complexity index is 406. The van der Waals surface area contributed by atoms with Crippen LogP contribution in [0.3, 0.4) is 0 Å². The van der Waals surface area contributed by atoms with Crippen LogP contribution in [0.25, 0.3) is 0 Å². The van der Waals surface area contributed by atoms with Crippen LogP contribution in [0, 0.1) is 0 Å². The molecule has 0 heterocycles. The first-order chi connectivity index (χ1) is 8.49. The van der Waals surface area contributed by atoms with Crippen LogP contribution in [0.1, 0.15) is 19.4 Å². The first kappa shape index (κ1) is 14.0. The number of hydrogen-bond donors (Lipinski definition) is 3. The van der Waals surface area contributed by atoms with Crippen LogP contribution in [0.4, 0.5) is 4.79 Å². The topological polar surface area (TPSA) is 78.4 Å². The molecule has 3 N–H and O–H groups in total. The molecule has 0 aliphatic carbocycles. The maximum absolute atomic E-state index is 11.5. The van der Waals surface area contributed by atoms with Gasteiger partial charge in [-0.15, -0.1) is 0 Å². The van der Waals surface area contributed by atoms with Crippen LogP contribution < -0.4 is 10.6 Å². The highest BCUT2D eigenvalue weighted by Crippen LogP contribution is 2.02. The summed E-state index contributed by atoms with van der Waals surface area (Å²) in [4.78, 5) is 22.0. The lowest BCUT2D eigenvalue weighted by Crippen LogP contribution is -2.47. The van der Waals surface area contributed by atoms with Crippen LogP contribution >= 0.6 is 0 Å². The fraction of sp³-hybridized carbons (Fsp3) is 0.385. The van der Waals surface area contributed by atoms with E-state index in [1.54, 1.807) is 0 Å². The van der Waals surface area contributed by atoms with Crippen molar-refractivity contribution in [2.24, 2.45) is 0 Å². The van der Waals surface area contributed by atoms with E-state index in [0.717, 1.165) is 5.56 Å². The van der Waals surface area contributed by atoms with Gasteiger partial charge in [0.15, 0.2) is 0 Å². The SMILES string of the molecule is CC(Cc1ccccc1)NC(=O)N[C@@H](C)C(=O)O. The minimum atomic E-state index is -1.05. The third-order valence-electron chi connectivity index (χ3n) is 2.48. The zero-order chi connectivity index (χ0) is 13.5. The predicted octanol–water partition coefficient (Wildman–Crippen LogP) is 1.39. The normalized spacial score (nSPS) is 13.4. The van der Waals surface area contributed by atoms with Crippen molar-refractivity contribution in [1.82, 2.24) is 10.6 Å². The van der Waals surface area contributed by atoms with Crippen molar-refractivity contribution in [2.75, 3.05) is 0 Å². The van der Waals surface area contributed by atoms with E-state index in [-0.39, 0.29) is 6.04 Å². The van der Waals surface area contributed by atoms with Gasteiger partial charge in [0.2, 0.25) is 0 Å². The van der Waals surface area contributed by atoms with Gasteiger partial charge < -0.3 is 15.7 Å². The van der Waals surface area contributed by atoms with Gasteiger partial charge >= 0.3 is 12.0 Å². The lowest BCUT2D eigenvalue weighted by atomic mass is 10.1. The van der Waals surface area contributed by atoms with Crippen molar-refractivity contribution >= 4 is 12.0 Å². The molecule has 0 aliphatic rings. The Hall–Kier alpha value is -2.04. The fourth-order valence-corrected chi connectivity index (χ4v) is 1.54. The molecular formula is C13H18N2O3. The molecule has 0 bridgehead atoms. The molecule has 0 radical (unpaired) electrons. The van der Waals surface area contributed by atoms with E-state index in [9.17, 15) is 9.59 Å². The van der Waals surface area contributed by atoms with Gasteiger partial charge in [-0.05, 0) is 25.8 Å². The van der Waals surface area contributed by atoms with Gasteiger partial charge in [0.05, 0.1) is 0 Å². The number of carbonyl (C=O) groups is 2. The van der Waals surface area contributed by atoms with Crippen molar-refractivity contribution in [3.63, 3.8) is 0 Å². The molecule has 2 amide bonds. The molecule has 98 valence electrons. The molecular weight excluding hydrogens is 232 g/mol. The summed E-state index contributed by atoms with van der Waals surface area (Å²) in [5, 5.41) is 13.7. The second-order valence-electron chi connectivity index (χ2n) is 4.27.